The van der Waals surface area contributed by atoms with Crippen molar-refractivity contribution in [3.63, 3.8) is 0 Å². The maximum atomic E-state index is 9.72. The number of rotatable bonds is 2. The lowest BCUT2D eigenvalue weighted by atomic mass is 9.75. The Kier molecular flexibility index (Phi) is 2.99. The highest BCUT2D eigenvalue weighted by Crippen LogP contribution is 2.18. The number of hydrogen-bond donors (Lipinski definition) is 3. The summed E-state index contributed by atoms with van der Waals surface area (Å²) < 4.78 is 0. The third kappa shape index (κ3) is 2.35. The van der Waals surface area contributed by atoms with Crippen LogP contribution in [0.15, 0.2) is 18.2 Å². The van der Waals surface area contributed by atoms with Crippen LogP contribution in [0.3, 0.4) is 0 Å². The van der Waals surface area contributed by atoms with E-state index in [2.05, 4.69) is 0 Å². The molecule has 0 aliphatic carbocycles. The molecule has 1 rings (SSSR count). The summed E-state index contributed by atoms with van der Waals surface area (Å²) in [6.45, 7) is 5.11. The van der Waals surface area contributed by atoms with Crippen molar-refractivity contribution in [1.82, 2.24) is 0 Å². The van der Waals surface area contributed by atoms with Gasteiger partial charge in [-0.15, -0.1) is 0 Å². The molecule has 0 spiro atoms. The molecule has 4 heteroatoms. The Morgan fingerprint density at radius 3 is 2.21 bits per heavy atom. The summed E-state index contributed by atoms with van der Waals surface area (Å²) in [6, 6.07) is 5.16. The summed E-state index contributed by atoms with van der Waals surface area (Å²) in [7, 11) is -1.49. The Labute approximate surface area is 84.2 Å². The molecule has 0 fully saturated rings. The van der Waals surface area contributed by atoms with Crippen LogP contribution in [0.5, 0.6) is 0 Å². The minimum absolute atomic E-state index is 0.435. The highest BCUT2D eigenvalue weighted by molar-refractivity contribution is 6.59. The van der Waals surface area contributed by atoms with Gasteiger partial charge < -0.3 is 15.2 Å². The predicted molar refractivity (Wildman–Crippen MR) is 56.2 cm³/mol. The van der Waals surface area contributed by atoms with Crippen LogP contribution in [-0.2, 0) is 5.60 Å². The van der Waals surface area contributed by atoms with E-state index in [1.165, 1.54) is 0 Å². The van der Waals surface area contributed by atoms with Crippen molar-refractivity contribution in [2.45, 2.75) is 26.4 Å². The molecule has 0 saturated heterocycles. The van der Waals surface area contributed by atoms with Gasteiger partial charge in [0.15, 0.2) is 0 Å². The van der Waals surface area contributed by atoms with Gasteiger partial charge in [0.1, 0.15) is 0 Å². The third-order valence-corrected chi connectivity index (χ3v) is 2.26. The molecule has 3 nitrogen and oxygen atoms in total. The lowest BCUT2D eigenvalue weighted by molar-refractivity contribution is 0.0787. The van der Waals surface area contributed by atoms with Crippen LogP contribution in [-0.4, -0.2) is 22.3 Å². The molecule has 0 bridgehead atoms. The molecule has 0 amide bonds. The van der Waals surface area contributed by atoms with E-state index in [0.29, 0.717) is 11.0 Å². The molecule has 0 atom stereocenters. The quantitative estimate of drug-likeness (QED) is 0.576. The second kappa shape index (κ2) is 3.73. The van der Waals surface area contributed by atoms with Crippen molar-refractivity contribution in [1.29, 1.82) is 0 Å². The van der Waals surface area contributed by atoms with E-state index in [4.69, 9.17) is 10.0 Å². The van der Waals surface area contributed by atoms with E-state index in [9.17, 15) is 5.11 Å². The van der Waals surface area contributed by atoms with Gasteiger partial charge in [-0.1, -0.05) is 23.8 Å². The summed E-state index contributed by atoms with van der Waals surface area (Å²) in [4.78, 5) is 0. The van der Waals surface area contributed by atoms with E-state index >= 15 is 0 Å². The van der Waals surface area contributed by atoms with Crippen LogP contribution < -0.4 is 5.46 Å². The SMILES string of the molecule is Cc1ccc(C(C)(C)O)cc1B(O)O. The van der Waals surface area contributed by atoms with Crippen molar-refractivity contribution < 1.29 is 15.2 Å². The summed E-state index contributed by atoms with van der Waals surface area (Å²) in [6.07, 6.45) is 0. The lowest BCUT2D eigenvalue weighted by Crippen LogP contribution is -2.33. The second-order valence-electron chi connectivity index (χ2n) is 4.00. The molecule has 0 heterocycles. The van der Waals surface area contributed by atoms with Gasteiger partial charge in [0.2, 0.25) is 0 Å². The van der Waals surface area contributed by atoms with Gasteiger partial charge in [0.05, 0.1) is 5.60 Å². The molecule has 0 aromatic heterocycles. The number of aryl methyl sites for hydroxylation is 1. The summed E-state index contributed by atoms with van der Waals surface area (Å²) in [5.74, 6) is 0. The van der Waals surface area contributed by atoms with Crippen molar-refractivity contribution >= 4 is 12.6 Å². The van der Waals surface area contributed by atoms with Gasteiger partial charge in [0, 0.05) is 0 Å². The number of benzene rings is 1. The van der Waals surface area contributed by atoms with Crippen LogP contribution in [0.2, 0.25) is 0 Å². The average molecular weight is 194 g/mol. The monoisotopic (exact) mass is 194 g/mol. The fraction of sp³-hybridized carbons (Fsp3) is 0.400. The molecule has 1 aromatic rings. The standard InChI is InChI=1S/C10H15BO3/c1-7-4-5-8(10(2,3)12)6-9(7)11(13)14/h4-6,12-14H,1-3H3. The van der Waals surface area contributed by atoms with Crippen LogP contribution >= 0.6 is 0 Å². The van der Waals surface area contributed by atoms with E-state index in [1.807, 2.05) is 0 Å². The molecule has 0 radical (unpaired) electrons. The molecule has 0 aliphatic heterocycles. The number of hydrogen-bond acceptors (Lipinski definition) is 3. The normalized spacial score (nSPS) is 11.6. The van der Waals surface area contributed by atoms with Gasteiger partial charge in [-0.2, -0.15) is 0 Å². The van der Waals surface area contributed by atoms with Gasteiger partial charge >= 0.3 is 7.12 Å². The fourth-order valence-corrected chi connectivity index (χ4v) is 1.30. The van der Waals surface area contributed by atoms with Crippen molar-refractivity contribution in [3.8, 4) is 0 Å². The molecular weight excluding hydrogens is 179 g/mol. The zero-order chi connectivity index (χ0) is 10.9. The molecule has 0 unspecified atom stereocenters. The Morgan fingerprint density at radius 2 is 1.79 bits per heavy atom. The van der Waals surface area contributed by atoms with Gasteiger partial charge in [-0.3, -0.25) is 0 Å². The van der Waals surface area contributed by atoms with E-state index < -0.39 is 12.7 Å². The third-order valence-electron chi connectivity index (χ3n) is 2.26. The summed E-state index contributed by atoms with van der Waals surface area (Å²) >= 11 is 0. The molecule has 0 aliphatic rings. The largest absolute Gasteiger partial charge is 0.488 e. The Morgan fingerprint density at radius 1 is 1.21 bits per heavy atom. The van der Waals surface area contributed by atoms with Crippen LogP contribution in [0.25, 0.3) is 0 Å². The van der Waals surface area contributed by atoms with Crippen LogP contribution in [0.1, 0.15) is 25.0 Å². The average Bonchev–Trinajstić information content (AvgIpc) is 2.02. The topological polar surface area (TPSA) is 60.7 Å². The van der Waals surface area contributed by atoms with Crippen molar-refractivity contribution in [2.75, 3.05) is 0 Å². The van der Waals surface area contributed by atoms with Crippen molar-refractivity contribution in [2.24, 2.45) is 0 Å². The Bertz CT molecular complexity index is 329. The Hall–Kier alpha value is -0.835. The first-order valence-electron chi connectivity index (χ1n) is 4.52. The zero-order valence-electron chi connectivity index (χ0n) is 8.65. The lowest BCUT2D eigenvalue weighted by Gasteiger charge is -2.19. The number of aliphatic hydroxyl groups is 1. The van der Waals surface area contributed by atoms with Crippen LogP contribution in [0.4, 0.5) is 0 Å². The maximum absolute atomic E-state index is 9.72. The first-order valence-corrected chi connectivity index (χ1v) is 4.52. The molecule has 3 N–H and O–H groups in total. The minimum Gasteiger partial charge on any atom is -0.423 e. The second-order valence-corrected chi connectivity index (χ2v) is 4.00. The fourth-order valence-electron chi connectivity index (χ4n) is 1.30. The highest BCUT2D eigenvalue weighted by atomic mass is 16.4. The minimum atomic E-state index is -1.49. The highest BCUT2D eigenvalue weighted by Gasteiger charge is 2.20. The van der Waals surface area contributed by atoms with Gasteiger partial charge in [0.25, 0.3) is 0 Å². The Balaban J connectivity index is 3.20. The first kappa shape index (κ1) is 11.2. The van der Waals surface area contributed by atoms with Crippen LogP contribution in [0, 0.1) is 6.92 Å². The molecule has 0 saturated carbocycles. The smallest absolute Gasteiger partial charge is 0.423 e. The van der Waals surface area contributed by atoms with E-state index in [0.717, 1.165) is 5.56 Å². The molecule has 1 aromatic carbocycles. The predicted octanol–water partition coefficient (Wildman–Crippen LogP) is -0.0978. The van der Waals surface area contributed by atoms with Gasteiger partial charge in [-0.25, -0.2) is 0 Å². The van der Waals surface area contributed by atoms with Gasteiger partial charge in [-0.05, 0) is 31.8 Å². The molecule has 14 heavy (non-hydrogen) atoms. The van der Waals surface area contributed by atoms with E-state index in [1.54, 1.807) is 39.0 Å². The summed E-state index contributed by atoms with van der Waals surface area (Å²) in [5, 5.41) is 27.9. The first-order chi connectivity index (χ1) is 6.32. The maximum Gasteiger partial charge on any atom is 0.488 e. The zero-order valence-corrected chi connectivity index (χ0v) is 8.65. The molecular formula is C10H15BO3. The molecule has 76 valence electrons. The van der Waals surface area contributed by atoms with Crippen molar-refractivity contribution in [3.05, 3.63) is 29.3 Å². The van der Waals surface area contributed by atoms with E-state index in [-0.39, 0.29) is 0 Å². The summed E-state index contributed by atoms with van der Waals surface area (Å²) in [5.41, 5.74) is 0.945.